The van der Waals surface area contributed by atoms with Crippen LogP contribution < -0.4 is 10.6 Å². The Morgan fingerprint density at radius 3 is 2.88 bits per heavy atom. The average molecular weight is 323 g/mol. The quantitative estimate of drug-likeness (QED) is 0.791. The summed E-state index contributed by atoms with van der Waals surface area (Å²) >= 11 is 0. The van der Waals surface area contributed by atoms with Gasteiger partial charge in [-0.1, -0.05) is 18.2 Å². The van der Waals surface area contributed by atoms with Gasteiger partial charge in [-0.3, -0.25) is 5.32 Å². The molecule has 0 radical (unpaired) electrons. The van der Waals surface area contributed by atoms with Crippen LogP contribution in [0, 0.1) is 0 Å². The van der Waals surface area contributed by atoms with E-state index in [4.69, 9.17) is 4.74 Å². The fourth-order valence-electron chi connectivity index (χ4n) is 3.06. The predicted octanol–water partition coefficient (Wildman–Crippen LogP) is 2.89. The molecular weight excluding hydrogens is 306 g/mol. The van der Waals surface area contributed by atoms with E-state index in [1.54, 1.807) is 12.1 Å². The van der Waals surface area contributed by atoms with Crippen LogP contribution in [0.5, 0.6) is 5.75 Å². The molecular formula is C18H17N3O3. The van der Waals surface area contributed by atoms with Crippen LogP contribution in [0.15, 0.2) is 36.4 Å². The molecule has 0 saturated carbocycles. The van der Waals surface area contributed by atoms with E-state index in [0.717, 1.165) is 36.2 Å². The fraction of sp³-hybridized carbons (Fsp3) is 0.222. The van der Waals surface area contributed by atoms with Crippen molar-refractivity contribution in [2.45, 2.75) is 13.0 Å². The van der Waals surface area contributed by atoms with Gasteiger partial charge in [0.2, 0.25) is 0 Å². The summed E-state index contributed by atoms with van der Waals surface area (Å²) < 4.78 is 5.12. The largest absolute Gasteiger partial charge is 0.507 e. The summed E-state index contributed by atoms with van der Waals surface area (Å²) in [7, 11) is 0. The number of nitrogens with zero attached hydrogens (tertiary/aromatic N) is 1. The highest BCUT2D eigenvalue weighted by Crippen LogP contribution is 2.35. The average Bonchev–Trinajstić information content (AvgIpc) is 2.61. The Bertz CT molecular complexity index is 845. The molecule has 0 spiro atoms. The van der Waals surface area contributed by atoms with Crippen molar-refractivity contribution in [3.63, 3.8) is 0 Å². The number of ether oxygens (including phenoxy) is 1. The van der Waals surface area contributed by atoms with E-state index in [1.807, 2.05) is 18.2 Å². The Morgan fingerprint density at radius 1 is 1.21 bits per heavy atom. The number of carbonyl (C=O) groups excluding carboxylic acids is 1. The maximum atomic E-state index is 11.6. The summed E-state index contributed by atoms with van der Waals surface area (Å²) in [5.41, 5.74) is 4.26. The van der Waals surface area contributed by atoms with Gasteiger partial charge in [-0.05, 0) is 42.3 Å². The minimum absolute atomic E-state index is 0.157. The molecule has 1 amide bonds. The monoisotopic (exact) mass is 323 g/mol. The Labute approximate surface area is 139 Å². The molecule has 122 valence electrons. The van der Waals surface area contributed by atoms with Crippen LogP contribution in [0.1, 0.15) is 17.5 Å². The fourth-order valence-corrected chi connectivity index (χ4v) is 3.06. The van der Waals surface area contributed by atoms with E-state index in [-0.39, 0.29) is 12.4 Å². The molecule has 0 aliphatic carbocycles. The summed E-state index contributed by atoms with van der Waals surface area (Å²) in [6.45, 7) is 1.91. The van der Waals surface area contributed by atoms with E-state index in [9.17, 15) is 9.90 Å². The molecule has 3 N–H and O–H groups in total. The lowest BCUT2D eigenvalue weighted by Crippen LogP contribution is -2.25. The number of hydrogen-bond acceptors (Lipinski definition) is 5. The third kappa shape index (κ3) is 2.61. The second-order valence-corrected chi connectivity index (χ2v) is 5.80. The molecule has 1 aromatic carbocycles. The minimum Gasteiger partial charge on any atom is -0.507 e. The molecule has 0 unspecified atom stereocenters. The first-order chi connectivity index (χ1) is 11.7. The normalized spacial score (nSPS) is 16.7. The molecule has 0 saturated heterocycles. The zero-order valence-electron chi connectivity index (χ0n) is 13.0. The standard InChI is InChI=1S/C18H17N3O3/c22-16-6-2-1-5-12(16)15-8-13(11-4-3-7-19-9-11)14-10-24-18(23)21-17(14)20-15/h1-2,4-6,8,19,22H,3,7,9-10H2,(H,20,21,23). The Kier molecular flexibility index (Phi) is 3.66. The molecule has 4 rings (SSSR count). The summed E-state index contributed by atoms with van der Waals surface area (Å²) in [5, 5.41) is 16.2. The van der Waals surface area contributed by atoms with Gasteiger partial charge in [0.1, 0.15) is 18.2 Å². The molecule has 24 heavy (non-hydrogen) atoms. The minimum atomic E-state index is -0.508. The summed E-state index contributed by atoms with van der Waals surface area (Å²) in [6, 6.07) is 9.00. The van der Waals surface area contributed by atoms with Crippen molar-refractivity contribution in [3.05, 3.63) is 47.5 Å². The molecule has 1 aromatic heterocycles. The molecule has 0 bridgehead atoms. The maximum absolute atomic E-state index is 11.6. The van der Waals surface area contributed by atoms with Crippen molar-refractivity contribution in [2.24, 2.45) is 0 Å². The van der Waals surface area contributed by atoms with Gasteiger partial charge in [0.15, 0.2) is 0 Å². The SMILES string of the molecule is O=C1Nc2nc(-c3ccccc3O)cc(C3=CCCNC3)c2CO1. The van der Waals surface area contributed by atoms with Crippen molar-refractivity contribution in [1.29, 1.82) is 0 Å². The van der Waals surface area contributed by atoms with Crippen LogP contribution in [0.4, 0.5) is 10.6 Å². The number of carbonyl (C=O) groups is 1. The number of aromatic nitrogens is 1. The zero-order chi connectivity index (χ0) is 16.5. The Hall–Kier alpha value is -2.86. The molecule has 3 heterocycles. The van der Waals surface area contributed by atoms with E-state index >= 15 is 0 Å². The van der Waals surface area contributed by atoms with Crippen LogP contribution in [0.3, 0.4) is 0 Å². The second kappa shape index (κ2) is 5.98. The van der Waals surface area contributed by atoms with Gasteiger partial charge in [0.05, 0.1) is 5.69 Å². The Balaban J connectivity index is 1.90. The third-order valence-corrected chi connectivity index (χ3v) is 4.25. The molecule has 0 atom stereocenters. The number of fused-ring (bicyclic) bond motifs is 1. The van der Waals surface area contributed by atoms with Crippen LogP contribution in [-0.4, -0.2) is 29.3 Å². The number of para-hydroxylation sites is 1. The highest BCUT2D eigenvalue weighted by Gasteiger charge is 2.24. The summed E-state index contributed by atoms with van der Waals surface area (Å²) in [4.78, 5) is 16.1. The van der Waals surface area contributed by atoms with Gasteiger partial charge >= 0.3 is 6.09 Å². The van der Waals surface area contributed by atoms with Crippen LogP contribution >= 0.6 is 0 Å². The van der Waals surface area contributed by atoms with Crippen molar-refractivity contribution >= 4 is 17.5 Å². The van der Waals surface area contributed by atoms with Gasteiger partial charge in [0.25, 0.3) is 0 Å². The van der Waals surface area contributed by atoms with Gasteiger partial charge in [-0.25, -0.2) is 9.78 Å². The van der Waals surface area contributed by atoms with Gasteiger partial charge in [-0.2, -0.15) is 0 Å². The van der Waals surface area contributed by atoms with Crippen molar-refractivity contribution in [3.8, 4) is 17.0 Å². The number of pyridine rings is 1. The van der Waals surface area contributed by atoms with Crippen LogP contribution in [-0.2, 0) is 11.3 Å². The lowest BCUT2D eigenvalue weighted by Gasteiger charge is -2.24. The van der Waals surface area contributed by atoms with E-state index in [0.29, 0.717) is 17.1 Å². The Morgan fingerprint density at radius 2 is 2.08 bits per heavy atom. The molecule has 2 aliphatic rings. The molecule has 6 nitrogen and oxygen atoms in total. The number of rotatable bonds is 2. The van der Waals surface area contributed by atoms with Gasteiger partial charge in [-0.15, -0.1) is 0 Å². The number of phenolic OH excluding ortho intramolecular Hbond substituents is 1. The lowest BCUT2D eigenvalue weighted by atomic mass is 9.95. The third-order valence-electron chi connectivity index (χ3n) is 4.25. The highest BCUT2D eigenvalue weighted by molar-refractivity contribution is 5.89. The first kappa shape index (κ1) is 14.7. The number of aromatic hydroxyl groups is 1. The van der Waals surface area contributed by atoms with Crippen molar-refractivity contribution in [2.75, 3.05) is 18.4 Å². The van der Waals surface area contributed by atoms with Gasteiger partial charge < -0.3 is 15.2 Å². The molecule has 2 aromatic rings. The zero-order valence-corrected chi connectivity index (χ0v) is 13.0. The van der Waals surface area contributed by atoms with E-state index < -0.39 is 6.09 Å². The van der Waals surface area contributed by atoms with E-state index in [2.05, 4.69) is 21.7 Å². The van der Waals surface area contributed by atoms with Crippen LogP contribution in [0.25, 0.3) is 16.8 Å². The number of benzene rings is 1. The number of nitrogens with one attached hydrogen (secondary N) is 2. The molecule has 6 heteroatoms. The number of phenols is 1. The van der Waals surface area contributed by atoms with Gasteiger partial charge in [0, 0.05) is 17.7 Å². The number of amides is 1. The lowest BCUT2D eigenvalue weighted by molar-refractivity contribution is 0.151. The highest BCUT2D eigenvalue weighted by atomic mass is 16.5. The molecule has 2 aliphatic heterocycles. The first-order valence-electron chi connectivity index (χ1n) is 7.88. The number of cyclic esters (lactones) is 1. The maximum Gasteiger partial charge on any atom is 0.413 e. The summed E-state index contributed by atoms with van der Waals surface area (Å²) in [5.74, 6) is 0.651. The first-order valence-corrected chi connectivity index (χ1v) is 7.88. The molecule has 0 fully saturated rings. The summed E-state index contributed by atoms with van der Waals surface area (Å²) in [6.07, 6.45) is 2.63. The van der Waals surface area contributed by atoms with E-state index in [1.165, 1.54) is 0 Å². The number of hydrogen-bond donors (Lipinski definition) is 3. The topological polar surface area (TPSA) is 83.5 Å². The number of anilines is 1. The second-order valence-electron chi connectivity index (χ2n) is 5.80. The van der Waals surface area contributed by atoms with Crippen molar-refractivity contribution in [1.82, 2.24) is 10.3 Å². The van der Waals surface area contributed by atoms with Crippen molar-refractivity contribution < 1.29 is 14.6 Å². The van der Waals surface area contributed by atoms with Crippen LogP contribution in [0.2, 0.25) is 0 Å². The predicted molar refractivity (Wildman–Crippen MR) is 90.6 cm³/mol. The smallest absolute Gasteiger partial charge is 0.413 e.